The van der Waals surface area contributed by atoms with E-state index in [1.54, 1.807) is 0 Å². The van der Waals surface area contributed by atoms with E-state index >= 15 is 0 Å². The van der Waals surface area contributed by atoms with Gasteiger partial charge in [-0.05, 0) is 96.3 Å². The summed E-state index contributed by atoms with van der Waals surface area (Å²) in [4.78, 5) is 12.8. The number of carbonyl (C=O) groups is 1. The van der Waals surface area contributed by atoms with Crippen LogP contribution in [0.15, 0.2) is 134 Å². The van der Waals surface area contributed by atoms with E-state index in [4.69, 9.17) is 23.5 Å². The first-order chi connectivity index (χ1) is 31.1. The van der Waals surface area contributed by atoms with Crippen molar-refractivity contribution in [3.8, 4) is 0 Å². The Labute approximate surface area is 384 Å². The first kappa shape index (κ1) is 58.3. The van der Waals surface area contributed by atoms with E-state index in [1.165, 1.54) is 0 Å². The predicted molar refractivity (Wildman–Crippen MR) is 257 cm³/mol. The second-order valence-corrected chi connectivity index (χ2v) is 15.9. The molecule has 1 saturated heterocycles. The number of aliphatic hydroxyl groups is 3. The molecular formula is C51H78O12S. The quantitative estimate of drug-likeness (QED) is 0.0201. The number of aliphatic hydroxyl groups excluding tert-OH is 3. The highest BCUT2D eigenvalue weighted by molar-refractivity contribution is 7.80. The van der Waals surface area contributed by atoms with E-state index < -0.39 is 59.8 Å². The molecule has 6 unspecified atom stereocenters. The minimum Gasteiger partial charge on any atom is -0.457 e. The highest BCUT2D eigenvalue weighted by atomic mass is 32.3. The van der Waals surface area contributed by atoms with Gasteiger partial charge in [0.05, 0.1) is 26.4 Å². The monoisotopic (exact) mass is 915 g/mol. The molecule has 0 amide bonds. The van der Waals surface area contributed by atoms with Crippen molar-refractivity contribution in [1.29, 1.82) is 0 Å². The van der Waals surface area contributed by atoms with Gasteiger partial charge in [-0.3, -0.25) is 9.35 Å². The SMILES string of the molecule is CC/C=C\C/C=C\C/C=C\C/C=C\C/C=C\C/C=C\CCCCC(=O)OC(COCC/C=C\C/C=C\C/C=C\C/C=C\C/C=C\CC)COC1OC(CO)C(O)C(OS(=O)(=O)O)C1O. The van der Waals surface area contributed by atoms with Gasteiger partial charge in [0.1, 0.15) is 30.5 Å². The lowest BCUT2D eigenvalue weighted by molar-refractivity contribution is -0.301. The lowest BCUT2D eigenvalue weighted by Crippen LogP contribution is -2.60. The van der Waals surface area contributed by atoms with Crippen molar-refractivity contribution in [1.82, 2.24) is 0 Å². The summed E-state index contributed by atoms with van der Waals surface area (Å²) < 4.78 is 58.9. The van der Waals surface area contributed by atoms with E-state index in [0.29, 0.717) is 19.4 Å². The normalized spacial score (nSPS) is 21.0. The number of rotatable bonds is 37. The zero-order valence-electron chi connectivity index (χ0n) is 38.3. The molecule has 0 aliphatic carbocycles. The smallest absolute Gasteiger partial charge is 0.397 e. The molecule has 12 nitrogen and oxygen atoms in total. The van der Waals surface area contributed by atoms with Crippen LogP contribution in [-0.2, 0) is 38.3 Å². The lowest BCUT2D eigenvalue weighted by Gasteiger charge is -2.41. The number of unbranched alkanes of at least 4 members (excludes halogenated alkanes) is 2. The summed E-state index contributed by atoms with van der Waals surface area (Å²) in [7, 11) is -5.09. The first-order valence-corrected chi connectivity index (χ1v) is 24.3. The van der Waals surface area contributed by atoms with Gasteiger partial charge in [0.2, 0.25) is 0 Å². The number of ether oxygens (including phenoxy) is 4. The number of esters is 1. The molecule has 6 atom stereocenters. The molecule has 0 spiro atoms. The third-order valence-electron chi connectivity index (χ3n) is 9.29. The van der Waals surface area contributed by atoms with Crippen molar-refractivity contribution in [3.63, 3.8) is 0 Å². The summed E-state index contributed by atoms with van der Waals surface area (Å²) in [5, 5.41) is 30.7. The topological polar surface area (TPSA) is 178 Å². The number of hydrogen-bond donors (Lipinski definition) is 4. The van der Waals surface area contributed by atoms with Gasteiger partial charge in [0.15, 0.2) is 6.29 Å². The predicted octanol–water partition coefficient (Wildman–Crippen LogP) is 9.96. The third kappa shape index (κ3) is 33.7. The maximum absolute atomic E-state index is 12.8. The molecule has 0 radical (unpaired) electrons. The Balaban J connectivity index is 2.53. The van der Waals surface area contributed by atoms with Crippen LogP contribution in [-0.4, -0.2) is 97.5 Å². The van der Waals surface area contributed by atoms with Crippen LogP contribution in [0.2, 0.25) is 0 Å². The highest BCUT2D eigenvalue weighted by Gasteiger charge is 2.48. The van der Waals surface area contributed by atoms with Gasteiger partial charge in [-0.2, -0.15) is 8.42 Å². The molecular weight excluding hydrogens is 837 g/mol. The van der Waals surface area contributed by atoms with Crippen LogP contribution in [0.25, 0.3) is 0 Å². The molecule has 1 aliphatic rings. The van der Waals surface area contributed by atoms with Crippen molar-refractivity contribution in [2.75, 3.05) is 26.4 Å². The van der Waals surface area contributed by atoms with Crippen LogP contribution in [0.5, 0.6) is 0 Å². The minimum absolute atomic E-state index is 0.0468. The van der Waals surface area contributed by atoms with Gasteiger partial charge in [0, 0.05) is 6.42 Å². The van der Waals surface area contributed by atoms with Gasteiger partial charge in [0.25, 0.3) is 0 Å². The summed E-state index contributed by atoms with van der Waals surface area (Å²) in [5.74, 6) is -0.473. The molecule has 360 valence electrons. The minimum atomic E-state index is -5.09. The molecule has 1 heterocycles. The molecule has 64 heavy (non-hydrogen) atoms. The van der Waals surface area contributed by atoms with E-state index in [2.05, 4.69) is 140 Å². The second kappa shape index (κ2) is 40.7. The van der Waals surface area contributed by atoms with E-state index in [-0.39, 0.29) is 19.6 Å². The van der Waals surface area contributed by atoms with E-state index in [9.17, 15) is 28.5 Å². The summed E-state index contributed by atoms with van der Waals surface area (Å²) >= 11 is 0. The molecule has 4 N–H and O–H groups in total. The Bertz CT molecular complexity index is 1620. The standard InChI is InChI=1S/C51H78O12S/c1-3-5-7-9-11-13-15-17-19-21-22-23-24-25-26-28-30-32-34-36-38-40-47(53)61-45(44-60-51-49(55)50(63-64(56,57)58)48(54)46(42-52)62-51)43-59-41-39-37-35-33-31-29-27-20-18-16-14-12-10-8-6-4-2/h5-8,11-14,17-20,22-23,25-26,29-32,35,37,45-46,48-52,54-55H,3-4,9-10,15-16,21,24,27-28,33-34,36,38-44H2,1-2H3,(H,56,57,58)/b7-5-,8-6-,13-11-,14-12-,19-17-,20-18-,23-22-,26-25-,31-29-,32-30-,37-35-. The molecule has 0 aromatic carbocycles. The third-order valence-corrected chi connectivity index (χ3v) is 9.75. The number of carbonyl (C=O) groups excluding carboxylic acids is 1. The first-order valence-electron chi connectivity index (χ1n) is 22.9. The van der Waals surface area contributed by atoms with Crippen molar-refractivity contribution in [3.05, 3.63) is 134 Å². The zero-order valence-corrected chi connectivity index (χ0v) is 39.1. The van der Waals surface area contributed by atoms with Crippen LogP contribution in [0, 0.1) is 0 Å². The van der Waals surface area contributed by atoms with Gasteiger partial charge >= 0.3 is 16.4 Å². The Morgan fingerprint density at radius 3 is 1.44 bits per heavy atom. The van der Waals surface area contributed by atoms with E-state index in [0.717, 1.165) is 83.5 Å². The molecule has 0 aromatic heterocycles. The average Bonchev–Trinajstić information content (AvgIpc) is 3.27. The van der Waals surface area contributed by atoms with Crippen molar-refractivity contribution in [2.24, 2.45) is 0 Å². The number of allylic oxidation sites excluding steroid dienone is 21. The maximum Gasteiger partial charge on any atom is 0.397 e. The summed E-state index contributed by atoms with van der Waals surface area (Å²) in [6.45, 7) is 3.44. The van der Waals surface area contributed by atoms with Gasteiger partial charge in [-0.25, -0.2) is 4.18 Å². The molecule has 13 heteroatoms. The summed E-state index contributed by atoms with van der Waals surface area (Å²) in [6, 6.07) is 0. The summed E-state index contributed by atoms with van der Waals surface area (Å²) in [6.07, 6.45) is 50.8. The molecule has 1 rings (SSSR count). The second-order valence-electron chi connectivity index (χ2n) is 14.9. The fraction of sp³-hybridized carbons (Fsp3) is 0.549. The van der Waals surface area contributed by atoms with Crippen LogP contribution in [0.1, 0.15) is 117 Å². The lowest BCUT2D eigenvalue weighted by atomic mass is 9.99. The molecule has 1 aliphatic heterocycles. The van der Waals surface area contributed by atoms with Crippen LogP contribution in [0.4, 0.5) is 0 Å². The Hall–Kier alpha value is -3.76. The van der Waals surface area contributed by atoms with Crippen LogP contribution in [0.3, 0.4) is 0 Å². The molecule has 0 aromatic rings. The number of hydrogen-bond acceptors (Lipinski definition) is 11. The Morgan fingerprint density at radius 1 is 0.594 bits per heavy atom. The molecule has 1 fully saturated rings. The van der Waals surface area contributed by atoms with E-state index in [1.807, 2.05) is 12.2 Å². The van der Waals surface area contributed by atoms with Crippen molar-refractivity contribution in [2.45, 2.75) is 153 Å². The molecule has 0 bridgehead atoms. The van der Waals surface area contributed by atoms with Gasteiger partial charge in [-0.15, -0.1) is 0 Å². The fourth-order valence-corrected chi connectivity index (χ4v) is 6.42. The molecule has 0 saturated carbocycles. The highest BCUT2D eigenvalue weighted by Crippen LogP contribution is 2.26. The average molecular weight is 915 g/mol. The van der Waals surface area contributed by atoms with Gasteiger partial charge in [-0.1, -0.05) is 148 Å². The maximum atomic E-state index is 12.8. The van der Waals surface area contributed by atoms with Crippen LogP contribution < -0.4 is 0 Å². The van der Waals surface area contributed by atoms with Gasteiger partial charge < -0.3 is 34.3 Å². The Morgan fingerprint density at radius 2 is 1.02 bits per heavy atom. The largest absolute Gasteiger partial charge is 0.457 e. The van der Waals surface area contributed by atoms with Crippen molar-refractivity contribution >= 4 is 16.4 Å². The Kier molecular flexibility index (Phi) is 37.1. The van der Waals surface area contributed by atoms with Crippen molar-refractivity contribution < 1.29 is 56.2 Å². The van der Waals surface area contributed by atoms with Crippen LogP contribution >= 0.6 is 0 Å². The summed E-state index contributed by atoms with van der Waals surface area (Å²) in [5.41, 5.74) is 0. The zero-order chi connectivity index (χ0) is 46.8. The fourth-order valence-electron chi connectivity index (χ4n) is 5.91.